The standard InChI is InChI=1S/C17H22F6N4O2/c1-14(5-3-2-4-11(14)24)27-8-6-15(7-9-27,26-13(29)17(21,22)23)10-25-12(28)16(18,19)20/h2-5,11H,6-10,24H2,1H3,(H,25,28)(H,26,29). The van der Waals surface area contributed by atoms with Gasteiger partial charge in [0.25, 0.3) is 0 Å². The van der Waals surface area contributed by atoms with Crippen LogP contribution < -0.4 is 16.4 Å². The largest absolute Gasteiger partial charge is 0.471 e. The third-order valence-corrected chi connectivity index (χ3v) is 5.42. The number of alkyl halides is 6. The van der Waals surface area contributed by atoms with E-state index in [4.69, 9.17) is 5.73 Å². The van der Waals surface area contributed by atoms with Gasteiger partial charge >= 0.3 is 24.2 Å². The van der Waals surface area contributed by atoms with Crippen LogP contribution in [0, 0.1) is 0 Å². The molecule has 12 heteroatoms. The van der Waals surface area contributed by atoms with Crippen LogP contribution in [0.15, 0.2) is 24.3 Å². The van der Waals surface area contributed by atoms with Crippen molar-refractivity contribution in [3.8, 4) is 0 Å². The Morgan fingerprint density at radius 2 is 1.62 bits per heavy atom. The second-order valence-corrected chi connectivity index (χ2v) is 7.40. The molecule has 2 unspecified atom stereocenters. The van der Waals surface area contributed by atoms with Gasteiger partial charge in [-0.3, -0.25) is 14.5 Å². The van der Waals surface area contributed by atoms with Crippen LogP contribution in [0.2, 0.25) is 0 Å². The summed E-state index contributed by atoms with van der Waals surface area (Å²) < 4.78 is 75.5. The van der Waals surface area contributed by atoms with Crippen molar-refractivity contribution in [3.05, 3.63) is 24.3 Å². The van der Waals surface area contributed by atoms with Crippen LogP contribution in [0.3, 0.4) is 0 Å². The highest BCUT2D eigenvalue weighted by molar-refractivity contribution is 5.83. The van der Waals surface area contributed by atoms with Gasteiger partial charge in [-0.15, -0.1) is 0 Å². The maximum absolute atomic E-state index is 12.7. The first-order valence-electron chi connectivity index (χ1n) is 8.81. The van der Waals surface area contributed by atoms with E-state index in [1.54, 1.807) is 28.9 Å². The number of hydrogen-bond donors (Lipinski definition) is 3. The van der Waals surface area contributed by atoms with Gasteiger partial charge in [-0.05, 0) is 19.8 Å². The number of carbonyl (C=O) groups excluding carboxylic acids is 2. The van der Waals surface area contributed by atoms with Crippen LogP contribution in [0.1, 0.15) is 19.8 Å². The predicted octanol–water partition coefficient (Wildman–Crippen LogP) is 1.39. The van der Waals surface area contributed by atoms with Gasteiger partial charge < -0.3 is 16.4 Å². The monoisotopic (exact) mass is 428 g/mol. The van der Waals surface area contributed by atoms with Crippen molar-refractivity contribution in [2.24, 2.45) is 5.73 Å². The smallest absolute Gasteiger partial charge is 0.346 e. The Balaban J connectivity index is 2.15. The molecule has 2 amide bonds. The highest BCUT2D eigenvalue weighted by Gasteiger charge is 2.48. The van der Waals surface area contributed by atoms with Gasteiger partial charge in [0, 0.05) is 25.7 Å². The number of carbonyl (C=O) groups is 2. The molecule has 2 atom stereocenters. The van der Waals surface area contributed by atoms with Crippen LogP contribution in [-0.2, 0) is 9.59 Å². The SMILES string of the molecule is CC1(N2CCC(CNC(=O)C(F)(F)F)(NC(=O)C(F)(F)F)CC2)C=CC=CC1N. The maximum atomic E-state index is 12.7. The third kappa shape index (κ3) is 5.30. The van der Waals surface area contributed by atoms with Crippen LogP contribution >= 0.6 is 0 Å². The van der Waals surface area contributed by atoms with Crippen molar-refractivity contribution >= 4 is 11.8 Å². The lowest BCUT2D eigenvalue weighted by atomic mass is 9.81. The molecule has 164 valence electrons. The lowest BCUT2D eigenvalue weighted by Gasteiger charge is -2.50. The molecule has 2 aliphatic rings. The first-order chi connectivity index (χ1) is 13.2. The van der Waals surface area contributed by atoms with Crippen molar-refractivity contribution in [2.75, 3.05) is 19.6 Å². The molecular weight excluding hydrogens is 406 g/mol. The summed E-state index contributed by atoms with van der Waals surface area (Å²) in [6.07, 6.45) is -3.46. The topological polar surface area (TPSA) is 87.5 Å². The lowest BCUT2D eigenvalue weighted by Crippen LogP contribution is -2.66. The zero-order chi connectivity index (χ0) is 22.1. The molecule has 0 bridgehead atoms. The second-order valence-electron chi connectivity index (χ2n) is 7.40. The molecule has 1 fully saturated rings. The quantitative estimate of drug-likeness (QED) is 0.591. The van der Waals surface area contributed by atoms with Crippen molar-refractivity contribution < 1.29 is 35.9 Å². The van der Waals surface area contributed by atoms with Gasteiger partial charge in [-0.25, -0.2) is 0 Å². The zero-order valence-electron chi connectivity index (χ0n) is 15.5. The maximum Gasteiger partial charge on any atom is 0.471 e. The van der Waals surface area contributed by atoms with Crippen molar-refractivity contribution in [1.29, 1.82) is 0 Å². The summed E-state index contributed by atoms with van der Waals surface area (Å²) in [6, 6.07) is -0.394. The zero-order valence-corrected chi connectivity index (χ0v) is 15.5. The summed E-state index contributed by atoms with van der Waals surface area (Å²) in [5.74, 6) is -4.55. The number of nitrogens with two attached hydrogens (primary N) is 1. The van der Waals surface area contributed by atoms with Gasteiger partial charge in [0.1, 0.15) is 0 Å². The minimum atomic E-state index is -5.20. The Bertz CT molecular complexity index is 695. The van der Waals surface area contributed by atoms with Crippen LogP contribution in [0.4, 0.5) is 26.3 Å². The Morgan fingerprint density at radius 1 is 1.07 bits per heavy atom. The summed E-state index contributed by atoms with van der Waals surface area (Å²) in [6.45, 7) is 1.37. The van der Waals surface area contributed by atoms with Crippen LogP contribution in [-0.4, -0.2) is 65.8 Å². The third-order valence-electron chi connectivity index (χ3n) is 5.42. The molecule has 0 aromatic rings. The molecule has 0 saturated carbocycles. The van der Waals surface area contributed by atoms with E-state index < -0.39 is 47.8 Å². The first-order valence-corrected chi connectivity index (χ1v) is 8.81. The number of piperidine rings is 1. The lowest BCUT2D eigenvalue weighted by molar-refractivity contribution is -0.177. The number of halogens is 6. The fourth-order valence-corrected chi connectivity index (χ4v) is 3.48. The van der Waals surface area contributed by atoms with Gasteiger partial charge in [0.15, 0.2) is 0 Å². The summed E-state index contributed by atoms with van der Waals surface area (Å²) in [5, 5.41) is 3.38. The van der Waals surface area contributed by atoms with Crippen molar-refractivity contribution in [1.82, 2.24) is 15.5 Å². The van der Waals surface area contributed by atoms with Gasteiger partial charge in [0.05, 0.1) is 11.1 Å². The van der Waals surface area contributed by atoms with E-state index >= 15 is 0 Å². The van der Waals surface area contributed by atoms with Crippen LogP contribution in [0.5, 0.6) is 0 Å². The minimum absolute atomic E-state index is 0.104. The van der Waals surface area contributed by atoms with E-state index in [-0.39, 0.29) is 25.9 Å². The summed E-state index contributed by atoms with van der Waals surface area (Å²) in [7, 11) is 0. The average Bonchev–Trinajstić information content (AvgIpc) is 2.61. The number of likely N-dealkylation sites (tertiary alicyclic amines) is 1. The van der Waals surface area contributed by atoms with Gasteiger partial charge in [0.2, 0.25) is 0 Å². The summed E-state index contributed by atoms with van der Waals surface area (Å²) in [5.41, 5.74) is 3.81. The Labute approximate surface area is 163 Å². The number of amides is 2. The second kappa shape index (κ2) is 7.98. The fraction of sp³-hybridized carbons (Fsp3) is 0.647. The number of nitrogens with one attached hydrogen (secondary N) is 2. The molecule has 4 N–H and O–H groups in total. The molecule has 1 saturated heterocycles. The van der Waals surface area contributed by atoms with Crippen molar-refractivity contribution in [3.63, 3.8) is 0 Å². The van der Waals surface area contributed by atoms with E-state index in [2.05, 4.69) is 0 Å². The summed E-state index contributed by atoms with van der Waals surface area (Å²) >= 11 is 0. The van der Waals surface area contributed by atoms with Crippen molar-refractivity contribution in [2.45, 2.75) is 49.2 Å². The fourth-order valence-electron chi connectivity index (χ4n) is 3.48. The minimum Gasteiger partial charge on any atom is -0.346 e. The van der Waals surface area contributed by atoms with E-state index in [9.17, 15) is 35.9 Å². The van der Waals surface area contributed by atoms with E-state index in [1.807, 2.05) is 17.9 Å². The highest BCUT2D eigenvalue weighted by atomic mass is 19.4. The number of allylic oxidation sites excluding steroid dienone is 2. The molecule has 0 spiro atoms. The molecule has 0 aromatic carbocycles. The molecule has 1 aliphatic heterocycles. The molecule has 0 aromatic heterocycles. The Hall–Kier alpha value is -2.08. The molecule has 0 radical (unpaired) electrons. The molecule has 2 rings (SSSR count). The van der Waals surface area contributed by atoms with Gasteiger partial charge in [-0.2, -0.15) is 26.3 Å². The molecule has 29 heavy (non-hydrogen) atoms. The molecule has 6 nitrogen and oxygen atoms in total. The predicted molar refractivity (Wildman–Crippen MR) is 91.5 cm³/mol. The van der Waals surface area contributed by atoms with Gasteiger partial charge in [-0.1, -0.05) is 24.3 Å². The number of rotatable bonds is 4. The van der Waals surface area contributed by atoms with E-state index in [0.717, 1.165) is 0 Å². The molecular formula is C17H22F6N4O2. The normalized spacial score (nSPS) is 27.5. The average molecular weight is 428 g/mol. The number of hydrogen-bond acceptors (Lipinski definition) is 4. The summed E-state index contributed by atoms with van der Waals surface area (Å²) in [4.78, 5) is 24.5. The van der Waals surface area contributed by atoms with Crippen LogP contribution in [0.25, 0.3) is 0 Å². The van der Waals surface area contributed by atoms with E-state index in [1.165, 1.54) is 0 Å². The Kier molecular flexibility index (Phi) is 6.38. The number of nitrogens with zero attached hydrogens (tertiary/aromatic N) is 1. The first kappa shape index (κ1) is 23.2. The highest BCUT2D eigenvalue weighted by Crippen LogP contribution is 2.32. The Morgan fingerprint density at radius 3 is 2.10 bits per heavy atom. The molecule has 1 aliphatic carbocycles. The van der Waals surface area contributed by atoms with E-state index in [0.29, 0.717) is 0 Å². The molecule has 1 heterocycles.